The number of guanidine groups is 1. The average Bonchev–Trinajstić information content (AvgIpc) is 2.59. The van der Waals surface area contributed by atoms with Crippen molar-refractivity contribution in [1.82, 2.24) is 10.2 Å². The number of ether oxygens (including phenoxy) is 1. The largest absolute Gasteiger partial charge is 0.504 e. The van der Waals surface area contributed by atoms with Crippen molar-refractivity contribution in [3.63, 3.8) is 0 Å². The summed E-state index contributed by atoms with van der Waals surface area (Å²) in [6.45, 7) is 4.11. The van der Waals surface area contributed by atoms with Crippen LogP contribution in [0.1, 0.15) is 18.1 Å². The average molecular weight is 455 g/mol. The first kappa shape index (κ1) is 21.1. The maximum atomic E-state index is 9.86. The lowest BCUT2D eigenvalue weighted by Crippen LogP contribution is -2.38. The molecule has 6 heteroatoms. The molecule has 0 saturated heterocycles. The molecule has 2 aromatic carbocycles. The molecule has 0 bridgehead atoms. The maximum absolute atomic E-state index is 9.86. The van der Waals surface area contributed by atoms with Gasteiger partial charge in [0.1, 0.15) is 0 Å². The summed E-state index contributed by atoms with van der Waals surface area (Å²) in [4.78, 5) is 6.74. The number of phenols is 1. The normalized spacial score (nSPS) is 10.8. The fourth-order valence-electron chi connectivity index (χ4n) is 2.40. The van der Waals surface area contributed by atoms with Crippen molar-refractivity contribution in [3.8, 4) is 11.5 Å². The van der Waals surface area contributed by atoms with Crippen LogP contribution in [0, 0.1) is 0 Å². The standard InChI is InChI=1S/C19H25N3O2.HI/c1-4-20-19(22(2)14-15-8-6-5-7-9-15)21-13-16-10-11-18(24-3)17(23)12-16;/h5-12,23H,4,13-14H2,1-3H3,(H,20,21);1H. The minimum atomic E-state index is 0. The van der Waals surface area contributed by atoms with Crippen LogP contribution in [0.25, 0.3) is 0 Å². The molecule has 0 atom stereocenters. The fraction of sp³-hybridized carbons (Fsp3) is 0.316. The van der Waals surface area contributed by atoms with Crippen LogP contribution in [-0.2, 0) is 13.1 Å². The number of nitrogens with one attached hydrogen (secondary N) is 1. The number of rotatable bonds is 6. The molecule has 0 aliphatic rings. The molecule has 0 aromatic heterocycles. The lowest BCUT2D eigenvalue weighted by Gasteiger charge is -2.22. The van der Waals surface area contributed by atoms with Crippen molar-refractivity contribution in [3.05, 3.63) is 59.7 Å². The molecule has 2 N–H and O–H groups in total. The summed E-state index contributed by atoms with van der Waals surface area (Å²) in [6, 6.07) is 15.6. The molecule has 0 aliphatic carbocycles. The van der Waals surface area contributed by atoms with Crippen LogP contribution in [-0.4, -0.2) is 36.7 Å². The second-order valence-electron chi connectivity index (χ2n) is 5.52. The van der Waals surface area contributed by atoms with Gasteiger partial charge >= 0.3 is 0 Å². The molecule has 0 aliphatic heterocycles. The van der Waals surface area contributed by atoms with E-state index in [0.717, 1.165) is 24.6 Å². The van der Waals surface area contributed by atoms with Gasteiger partial charge in [-0.25, -0.2) is 4.99 Å². The zero-order chi connectivity index (χ0) is 17.4. The number of hydrogen-bond acceptors (Lipinski definition) is 3. The number of phenolic OH excluding ortho intramolecular Hbond substituents is 1. The van der Waals surface area contributed by atoms with Gasteiger partial charge in [-0.3, -0.25) is 0 Å². The van der Waals surface area contributed by atoms with E-state index in [1.165, 1.54) is 12.7 Å². The van der Waals surface area contributed by atoms with Gasteiger partial charge in [0.2, 0.25) is 0 Å². The number of aliphatic imine (C=N–C) groups is 1. The van der Waals surface area contributed by atoms with Gasteiger partial charge in [0.05, 0.1) is 13.7 Å². The molecule has 136 valence electrons. The Bertz CT molecular complexity index is 678. The molecule has 0 saturated carbocycles. The first-order chi connectivity index (χ1) is 11.6. The van der Waals surface area contributed by atoms with Crippen molar-refractivity contribution >= 4 is 29.9 Å². The van der Waals surface area contributed by atoms with Crippen LogP contribution >= 0.6 is 24.0 Å². The van der Waals surface area contributed by atoms with Gasteiger partial charge in [-0.2, -0.15) is 0 Å². The first-order valence-corrected chi connectivity index (χ1v) is 8.03. The van der Waals surface area contributed by atoms with E-state index >= 15 is 0 Å². The smallest absolute Gasteiger partial charge is 0.194 e. The predicted molar refractivity (Wildman–Crippen MR) is 113 cm³/mol. The Balaban J connectivity index is 0.00000312. The zero-order valence-corrected chi connectivity index (χ0v) is 17.2. The maximum Gasteiger partial charge on any atom is 0.194 e. The highest BCUT2D eigenvalue weighted by molar-refractivity contribution is 14.0. The summed E-state index contributed by atoms with van der Waals surface area (Å²) >= 11 is 0. The lowest BCUT2D eigenvalue weighted by atomic mass is 10.2. The van der Waals surface area contributed by atoms with Crippen LogP contribution < -0.4 is 10.1 Å². The van der Waals surface area contributed by atoms with Crippen LogP contribution in [0.4, 0.5) is 0 Å². The van der Waals surface area contributed by atoms with Gasteiger partial charge in [0.25, 0.3) is 0 Å². The van der Waals surface area contributed by atoms with Gasteiger partial charge in [0.15, 0.2) is 17.5 Å². The van der Waals surface area contributed by atoms with Crippen molar-refractivity contribution in [1.29, 1.82) is 0 Å². The van der Waals surface area contributed by atoms with Crippen molar-refractivity contribution in [2.45, 2.75) is 20.0 Å². The number of hydrogen-bond donors (Lipinski definition) is 2. The van der Waals surface area contributed by atoms with E-state index in [9.17, 15) is 5.11 Å². The molecule has 25 heavy (non-hydrogen) atoms. The van der Waals surface area contributed by atoms with E-state index in [0.29, 0.717) is 12.3 Å². The molecule has 0 unspecified atom stereocenters. The molecule has 0 fully saturated rings. The molecule has 2 aromatic rings. The molecule has 0 radical (unpaired) electrons. The Morgan fingerprint density at radius 2 is 1.88 bits per heavy atom. The molecule has 5 nitrogen and oxygen atoms in total. The zero-order valence-electron chi connectivity index (χ0n) is 14.9. The predicted octanol–water partition coefficient (Wildman–Crippen LogP) is 3.62. The summed E-state index contributed by atoms with van der Waals surface area (Å²) < 4.78 is 5.06. The summed E-state index contributed by atoms with van der Waals surface area (Å²) in [6.07, 6.45) is 0. The summed E-state index contributed by atoms with van der Waals surface area (Å²) in [7, 11) is 3.55. The molecule has 0 amide bonds. The molecular formula is C19H26IN3O2. The lowest BCUT2D eigenvalue weighted by molar-refractivity contribution is 0.373. The third-order valence-electron chi connectivity index (χ3n) is 3.61. The molecule has 0 heterocycles. The summed E-state index contributed by atoms with van der Waals surface area (Å²) in [5.41, 5.74) is 2.16. The Morgan fingerprint density at radius 3 is 2.48 bits per heavy atom. The number of benzene rings is 2. The number of halogens is 1. The van der Waals surface area contributed by atoms with E-state index in [1.807, 2.05) is 38.2 Å². The van der Waals surface area contributed by atoms with Gasteiger partial charge in [-0.1, -0.05) is 36.4 Å². The number of nitrogens with zero attached hydrogens (tertiary/aromatic N) is 2. The number of methoxy groups -OCH3 is 1. The highest BCUT2D eigenvalue weighted by Gasteiger charge is 2.07. The van der Waals surface area contributed by atoms with E-state index in [2.05, 4.69) is 27.3 Å². The van der Waals surface area contributed by atoms with Crippen LogP contribution in [0.2, 0.25) is 0 Å². The van der Waals surface area contributed by atoms with Gasteiger partial charge < -0.3 is 20.1 Å². The quantitative estimate of drug-likeness (QED) is 0.397. The minimum Gasteiger partial charge on any atom is -0.504 e. The van der Waals surface area contributed by atoms with Gasteiger partial charge in [0, 0.05) is 20.1 Å². The second-order valence-corrected chi connectivity index (χ2v) is 5.52. The van der Waals surface area contributed by atoms with Gasteiger partial charge in [-0.15, -0.1) is 24.0 Å². The van der Waals surface area contributed by atoms with Gasteiger partial charge in [-0.05, 0) is 30.2 Å². The highest BCUT2D eigenvalue weighted by atomic mass is 127. The monoisotopic (exact) mass is 455 g/mol. The van der Waals surface area contributed by atoms with E-state index in [-0.39, 0.29) is 29.7 Å². The minimum absolute atomic E-state index is 0. The molecule has 0 spiro atoms. The second kappa shape index (κ2) is 10.8. The third-order valence-corrected chi connectivity index (χ3v) is 3.61. The summed E-state index contributed by atoms with van der Waals surface area (Å²) in [5.74, 6) is 1.43. The Labute approximate surface area is 166 Å². The van der Waals surface area contributed by atoms with Crippen molar-refractivity contribution in [2.24, 2.45) is 4.99 Å². The van der Waals surface area contributed by atoms with E-state index in [1.54, 1.807) is 12.1 Å². The van der Waals surface area contributed by atoms with Crippen molar-refractivity contribution < 1.29 is 9.84 Å². The van der Waals surface area contributed by atoms with E-state index < -0.39 is 0 Å². The first-order valence-electron chi connectivity index (χ1n) is 8.03. The summed E-state index contributed by atoms with van der Waals surface area (Å²) in [5, 5.41) is 13.2. The SMILES string of the molecule is CCNC(=NCc1ccc(OC)c(O)c1)N(C)Cc1ccccc1.I. The van der Waals surface area contributed by atoms with Crippen molar-refractivity contribution in [2.75, 3.05) is 20.7 Å². The van der Waals surface area contributed by atoms with E-state index in [4.69, 9.17) is 4.74 Å². The molecule has 2 rings (SSSR count). The Morgan fingerprint density at radius 1 is 1.16 bits per heavy atom. The topological polar surface area (TPSA) is 57.1 Å². The Kier molecular flexibility index (Phi) is 9.12. The molecular weight excluding hydrogens is 429 g/mol. The third kappa shape index (κ3) is 6.45. The van der Waals surface area contributed by atoms with Crippen LogP contribution in [0.3, 0.4) is 0 Å². The Hall–Kier alpha value is -1.96. The fourth-order valence-corrected chi connectivity index (χ4v) is 2.40. The number of aromatic hydroxyl groups is 1. The van der Waals surface area contributed by atoms with Crippen LogP contribution in [0.15, 0.2) is 53.5 Å². The van der Waals surface area contributed by atoms with Crippen LogP contribution in [0.5, 0.6) is 11.5 Å². The highest BCUT2D eigenvalue weighted by Crippen LogP contribution is 2.26.